The Labute approximate surface area is 287 Å². The first-order chi connectivity index (χ1) is 23.6. The largest absolute Gasteiger partial charge is 0.490 e. The number of benzene rings is 1. The maximum absolute atomic E-state index is 15.2. The lowest BCUT2D eigenvalue weighted by molar-refractivity contribution is -0.165. The summed E-state index contributed by atoms with van der Waals surface area (Å²) in [5.74, 6) is -7.53. The highest BCUT2D eigenvalue weighted by Gasteiger charge is 2.56. The van der Waals surface area contributed by atoms with Crippen molar-refractivity contribution in [2.45, 2.75) is 94.9 Å². The Bertz CT molecular complexity index is 1800. The summed E-state index contributed by atoms with van der Waals surface area (Å²) in [7, 11) is 1.58. The number of rotatable bonds is 11. The second-order valence-electron chi connectivity index (χ2n) is 15.2. The minimum Gasteiger partial charge on any atom is -0.490 e. The number of carboxylic acids is 1. The summed E-state index contributed by atoms with van der Waals surface area (Å²) in [5, 5.41) is 13.6. The van der Waals surface area contributed by atoms with E-state index in [2.05, 4.69) is 22.2 Å². The van der Waals surface area contributed by atoms with Crippen LogP contribution in [-0.2, 0) is 15.5 Å². The molecule has 3 heterocycles. The van der Waals surface area contributed by atoms with E-state index in [1.54, 1.807) is 30.3 Å². The molecule has 7 rings (SSSR count). The van der Waals surface area contributed by atoms with Crippen molar-refractivity contribution in [3.05, 3.63) is 41.9 Å². The second kappa shape index (κ2) is 12.5. The topological polar surface area (TPSA) is 119 Å². The van der Waals surface area contributed by atoms with E-state index in [4.69, 9.17) is 9.47 Å². The lowest BCUT2D eigenvalue weighted by atomic mass is 9.78. The van der Waals surface area contributed by atoms with Crippen molar-refractivity contribution in [3.8, 4) is 17.1 Å². The van der Waals surface area contributed by atoms with Crippen LogP contribution in [0.1, 0.15) is 81.4 Å². The SMILES string of the molecule is COC[C@@H](C)n1cc(-c2ncc(C(=O)NC3(C(=O)O)CC4CC(C)CC3C4)c(C(C)(F)F)n2)c2ccc(O[C@H]3C[C@@H](N4CC(F)(F)C4)C3)cc21. The number of nitrogens with one attached hydrogen (secondary N) is 1. The summed E-state index contributed by atoms with van der Waals surface area (Å²) in [5.41, 5.74) is -1.62. The Hall–Kier alpha value is -3.78. The van der Waals surface area contributed by atoms with Crippen LogP contribution in [0, 0.1) is 17.8 Å². The van der Waals surface area contributed by atoms with Gasteiger partial charge in [-0.1, -0.05) is 6.92 Å². The summed E-state index contributed by atoms with van der Waals surface area (Å²) < 4.78 is 70.7. The van der Waals surface area contributed by atoms with Gasteiger partial charge in [0.2, 0.25) is 0 Å². The number of hydrogen-bond donors (Lipinski definition) is 2. The number of amides is 1. The molecule has 3 aromatic rings. The van der Waals surface area contributed by atoms with E-state index in [1.807, 2.05) is 17.6 Å². The first-order valence-electron chi connectivity index (χ1n) is 17.3. The first kappa shape index (κ1) is 34.7. The number of carboxylic acid groups (broad SMARTS) is 1. The van der Waals surface area contributed by atoms with Gasteiger partial charge in [0, 0.05) is 62.3 Å². The van der Waals surface area contributed by atoms with E-state index in [0.717, 1.165) is 18.1 Å². The molecule has 2 aromatic heterocycles. The Balaban J connectivity index is 1.18. The number of ether oxygens (including phenoxy) is 2. The number of methoxy groups -OCH3 is 1. The smallest absolute Gasteiger partial charge is 0.329 e. The fourth-order valence-electron chi connectivity index (χ4n) is 8.79. The molecule has 10 nitrogen and oxygen atoms in total. The minimum atomic E-state index is -3.55. The highest BCUT2D eigenvalue weighted by atomic mass is 19.3. The van der Waals surface area contributed by atoms with Crippen LogP contribution in [0.3, 0.4) is 0 Å². The van der Waals surface area contributed by atoms with Gasteiger partial charge in [0.05, 0.1) is 36.8 Å². The predicted octanol–water partition coefficient (Wildman–Crippen LogP) is 6.29. The number of carbonyl (C=O) groups is 2. The average molecular weight is 702 g/mol. The number of likely N-dealkylation sites (tertiary alicyclic amines) is 1. The number of fused-ring (bicyclic) bond motifs is 3. The highest BCUT2D eigenvalue weighted by Crippen LogP contribution is 2.51. The Morgan fingerprint density at radius 1 is 1.16 bits per heavy atom. The van der Waals surface area contributed by atoms with Crippen LogP contribution in [0.25, 0.3) is 22.3 Å². The fourth-order valence-corrected chi connectivity index (χ4v) is 8.79. The third-order valence-electron chi connectivity index (χ3n) is 11.2. The van der Waals surface area contributed by atoms with Gasteiger partial charge in [-0.2, -0.15) is 8.78 Å². The van der Waals surface area contributed by atoms with Crippen molar-refractivity contribution < 1.29 is 41.7 Å². The highest BCUT2D eigenvalue weighted by molar-refractivity contribution is 6.00. The molecule has 1 amide bonds. The number of aromatic nitrogens is 3. The standard InChI is InChI=1S/C36H43F4N5O5/c1-19-7-21-9-22(8-19)36(13-21,33(47)48)43-32(46)27-14-41-31(42-30(27)34(3,37)38)28-15-45(20(2)16-49-4)29-12-24(5-6-26(28)29)50-25-10-23(11-25)44-17-35(39,40)18-44/h5-6,12,14-15,19-23,25H,7-11,13,16-18H2,1-4H3,(H,43,46)(H,47,48)/t19?,20-,21?,22?,23-,25+,36?/m1/s1. The molecule has 3 saturated carbocycles. The number of halogens is 4. The van der Waals surface area contributed by atoms with Crippen molar-refractivity contribution >= 4 is 22.8 Å². The molecule has 1 saturated heterocycles. The number of hydrogen-bond acceptors (Lipinski definition) is 7. The number of aliphatic carboxylic acids is 1. The molecule has 5 atom stereocenters. The summed E-state index contributed by atoms with van der Waals surface area (Å²) in [6, 6.07) is 5.31. The van der Waals surface area contributed by atoms with Crippen LogP contribution in [0.4, 0.5) is 17.6 Å². The van der Waals surface area contributed by atoms with Gasteiger partial charge >= 0.3 is 5.97 Å². The third kappa shape index (κ3) is 6.22. The van der Waals surface area contributed by atoms with Crippen molar-refractivity contribution in [1.82, 2.24) is 24.8 Å². The molecule has 4 fully saturated rings. The Kier molecular flexibility index (Phi) is 8.64. The molecule has 50 heavy (non-hydrogen) atoms. The molecule has 1 aliphatic heterocycles. The Morgan fingerprint density at radius 3 is 2.56 bits per heavy atom. The molecule has 0 radical (unpaired) electrons. The van der Waals surface area contributed by atoms with Crippen molar-refractivity contribution in [2.75, 3.05) is 26.8 Å². The number of nitrogens with zero attached hydrogens (tertiary/aromatic N) is 4. The van der Waals surface area contributed by atoms with E-state index in [9.17, 15) is 23.5 Å². The summed E-state index contributed by atoms with van der Waals surface area (Å²) >= 11 is 0. The third-order valence-corrected chi connectivity index (χ3v) is 11.2. The quantitative estimate of drug-likeness (QED) is 0.224. The van der Waals surface area contributed by atoms with Crippen LogP contribution in [0.2, 0.25) is 0 Å². The van der Waals surface area contributed by atoms with Gasteiger partial charge in [0.25, 0.3) is 17.8 Å². The molecular weight excluding hydrogens is 658 g/mol. The fraction of sp³-hybridized carbons (Fsp3) is 0.611. The Morgan fingerprint density at radius 2 is 1.90 bits per heavy atom. The van der Waals surface area contributed by atoms with E-state index < -0.39 is 40.5 Å². The van der Waals surface area contributed by atoms with Gasteiger partial charge in [-0.3, -0.25) is 9.69 Å². The predicted molar refractivity (Wildman–Crippen MR) is 176 cm³/mol. The van der Waals surface area contributed by atoms with E-state index in [0.29, 0.717) is 61.8 Å². The van der Waals surface area contributed by atoms with Gasteiger partial charge in [0.1, 0.15) is 23.1 Å². The van der Waals surface area contributed by atoms with Crippen molar-refractivity contribution in [3.63, 3.8) is 0 Å². The summed E-state index contributed by atoms with van der Waals surface area (Å²) in [4.78, 5) is 36.7. The van der Waals surface area contributed by atoms with E-state index in [-0.39, 0.29) is 55.4 Å². The van der Waals surface area contributed by atoms with E-state index >= 15 is 8.78 Å². The molecule has 3 aliphatic carbocycles. The number of carbonyl (C=O) groups excluding carboxylic acids is 1. The molecule has 270 valence electrons. The first-order valence-corrected chi connectivity index (χ1v) is 17.3. The van der Waals surface area contributed by atoms with Gasteiger partial charge in [-0.05, 0) is 62.5 Å². The minimum absolute atomic E-state index is 0.0215. The van der Waals surface area contributed by atoms with E-state index in [1.165, 1.54) is 0 Å². The molecular formula is C36H43F4N5O5. The average Bonchev–Trinajstić information content (AvgIpc) is 3.51. The van der Waals surface area contributed by atoms with Crippen LogP contribution in [0.5, 0.6) is 5.75 Å². The number of alkyl halides is 4. The summed E-state index contributed by atoms with van der Waals surface area (Å²) in [6.45, 7) is 4.58. The zero-order chi connectivity index (χ0) is 35.7. The van der Waals surface area contributed by atoms with Crippen molar-refractivity contribution in [1.29, 1.82) is 0 Å². The zero-order valence-corrected chi connectivity index (χ0v) is 28.6. The molecule has 4 unspecified atom stereocenters. The van der Waals surface area contributed by atoms with Gasteiger partial charge in [-0.25, -0.2) is 23.5 Å². The van der Waals surface area contributed by atoms with Crippen LogP contribution < -0.4 is 10.1 Å². The van der Waals surface area contributed by atoms with Crippen LogP contribution >= 0.6 is 0 Å². The van der Waals surface area contributed by atoms with Crippen LogP contribution in [-0.4, -0.2) is 86.8 Å². The second-order valence-corrected chi connectivity index (χ2v) is 15.2. The van der Waals surface area contributed by atoms with Crippen molar-refractivity contribution in [2.24, 2.45) is 17.8 Å². The molecule has 2 N–H and O–H groups in total. The van der Waals surface area contributed by atoms with Gasteiger partial charge in [-0.15, -0.1) is 0 Å². The molecule has 2 bridgehead atoms. The molecule has 1 aromatic carbocycles. The summed E-state index contributed by atoms with van der Waals surface area (Å²) in [6.07, 6.45) is 6.42. The zero-order valence-electron chi connectivity index (χ0n) is 28.6. The molecule has 0 spiro atoms. The van der Waals surface area contributed by atoms with Gasteiger partial charge in [0.15, 0.2) is 5.82 Å². The van der Waals surface area contributed by atoms with Crippen LogP contribution in [0.15, 0.2) is 30.6 Å². The lowest BCUT2D eigenvalue weighted by Gasteiger charge is -2.49. The molecule has 14 heteroatoms. The monoisotopic (exact) mass is 701 g/mol. The lowest BCUT2D eigenvalue weighted by Crippen LogP contribution is -2.63. The normalized spacial score (nSPS) is 29.6. The maximum Gasteiger partial charge on any atom is 0.329 e. The molecule has 4 aliphatic rings. The maximum atomic E-state index is 15.2. The van der Waals surface area contributed by atoms with Gasteiger partial charge < -0.3 is 24.5 Å².